The van der Waals surface area contributed by atoms with Gasteiger partial charge >= 0.3 is 5.97 Å². The summed E-state index contributed by atoms with van der Waals surface area (Å²) in [5.41, 5.74) is 6.28. The second-order valence-corrected chi connectivity index (χ2v) is 4.24. The molecule has 0 fully saturated rings. The Bertz CT molecular complexity index is 394. The first-order valence-electron chi connectivity index (χ1n) is 5.97. The Morgan fingerprint density at radius 1 is 1.44 bits per heavy atom. The number of para-hydroxylation sites is 2. The van der Waals surface area contributed by atoms with Gasteiger partial charge in [-0.15, -0.1) is 0 Å². The zero-order chi connectivity index (χ0) is 13.5. The average molecular weight is 252 g/mol. The van der Waals surface area contributed by atoms with E-state index >= 15 is 0 Å². The highest BCUT2D eigenvalue weighted by atomic mass is 16.5. The first-order valence-corrected chi connectivity index (χ1v) is 5.97. The van der Waals surface area contributed by atoms with E-state index < -0.39 is 5.97 Å². The fourth-order valence-electron chi connectivity index (χ4n) is 1.68. The largest absolute Gasteiger partial charge is 0.489 e. The van der Waals surface area contributed by atoms with Gasteiger partial charge in [0.05, 0.1) is 11.8 Å². The molecule has 3 N–H and O–H groups in total. The van der Waals surface area contributed by atoms with Gasteiger partial charge in [-0.1, -0.05) is 12.1 Å². The predicted molar refractivity (Wildman–Crippen MR) is 71.1 cm³/mol. The van der Waals surface area contributed by atoms with Crippen molar-refractivity contribution < 1.29 is 14.6 Å². The summed E-state index contributed by atoms with van der Waals surface area (Å²) in [7, 11) is 0. The van der Waals surface area contributed by atoms with Gasteiger partial charge in [0.2, 0.25) is 0 Å². The summed E-state index contributed by atoms with van der Waals surface area (Å²) in [6, 6.07) is 7.40. The quantitative estimate of drug-likeness (QED) is 0.765. The number of carboxylic acid groups (broad SMARTS) is 1. The first kappa shape index (κ1) is 14.3. The van der Waals surface area contributed by atoms with Crippen LogP contribution >= 0.6 is 0 Å². The number of anilines is 1. The molecule has 0 saturated carbocycles. The smallest absolute Gasteiger partial charge is 0.323 e. The summed E-state index contributed by atoms with van der Waals surface area (Å²) in [6.07, 6.45) is 0.0377. The molecule has 0 bridgehead atoms. The van der Waals surface area contributed by atoms with Crippen LogP contribution in [0.2, 0.25) is 0 Å². The number of carbonyl (C=O) groups is 1. The topological polar surface area (TPSA) is 75.8 Å². The van der Waals surface area contributed by atoms with Gasteiger partial charge in [0.1, 0.15) is 12.3 Å². The standard InChI is InChI=1S/C13H20N2O3/c1-10(2)18-12-6-4-3-5-11(12)15(8-7-14)9-13(16)17/h3-6,10H,7-9,14H2,1-2H3,(H,16,17). The van der Waals surface area contributed by atoms with Crippen LogP contribution in [0.1, 0.15) is 13.8 Å². The molecule has 0 aliphatic carbocycles. The summed E-state index contributed by atoms with van der Waals surface area (Å²) in [6.45, 7) is 4.65. The van der Waals surface area contributed by atoms with Crippen LogP contribution in [-0.4, -0.2) is 36.8 Å². The third-order valence-corrected chi connectivity index (χ3v) is 2.29. The highest BCUT2D eigenvalue weighted by molar-refractivity contribution is 5.75. The van der Waals surface area contributed by atoms with Crippen LogP contribution in [0.3, 0.4) is 0 Å². The zero-order valence-corrected chi connectivity index (χ0v) is 10.8. The van der Waals surface area contributed by atoms with E-state index in [-0.39, 0.29) is 12.6 Å². The maximum atomic E-state index is 10.9. The number of nitrogens with two attached hydrogens (primary N) is 1. The lowest BCUT2D eigenvalue weighted by molar-refractivity contribution is -0.135. The van der Waals surface area contributed by atoms with Crippen molar-refractivity contribution in [2.75, 3.05) is 24.5 Å². The minimum atomic E-state index is -0.886. The summed E-state index contributed by atoms with van der Waals surface area (Å²) in [5.74, 6) is -0.204. The monoisotopic (exact) mass is 252 g/mol. The maximum Gasteiger partial charge on any atom is 0.323 e. The molecule has 0 amide bonds. The van der Waals surface area contributed by atoms with Crippen molar-refractivity contribution in [2.24, 2.45) is 5.73 Å². The molecular formula is C13H20N2O3. The number of benzene rings is 1. The molecule has 1 aromatic carbocycles. The van der Waals surface area contributed by atoms with Crippen molar-refractivity contribution in [1.82, 2.24) is 0 Å². The molecule has 0 radical (unpaired) electrons. The van der Waals surface area contributed by atoms with E-state index in [0.717, 1.165) is 5.69 Å². The van der Waals surface area contributed by atoms with Crippen molar-refractivity contribution in [3.63, 3.8) is 0 Å². The number of rotatable bonds is 7. The highest BCUT2D eigenvalue weighted by Crippen LogP contribution is 2.28. The van der Waals surface area contributed by atoms with Gasteiger partial charge in [0.15, 0.2) is 0 Å². The van der Waals surface area contributed by atoms with Crippen LogP contribution in [0.4, 0.5) is 5.69 Å². The van der Waals surface area contributed by atoms with Gasteiger partial charge in [0, 0.05) is 13.1 Å². The Morgan fingerprint density at radius 3 is 2.67 bits per heavy atom. The van der Waals surface area contributed by atoms with Gasteiger partial charge in [0.25, 0.3) is 0 Å². The van der Waals surface area contributed by atoms with Crippen LogP contribution in [-0.2, 0) is 4.79 Å². The highest BCUT2D eigenvalue weighted by Gasteiger charge is 2.14. The molecule has 5 heteroatoms. The number of aliphatic carboxylic acids is 1. The van der Waals surface area contributed by atoms with Crippen molar-refractivity contribution in [3.05, 3.63) is 24.3 Å². The number of hydrogen-bond acceptors (Lipinski definition) is 4. The lowest BCUT2D eigenvalue weighted by Gasteiger charge is -2.25. The fourth-order valence-corrected chi connectivity index (χ4v) is 1.68. The molecule has 1 rings (SSSR count). The van der Waals surface area contributed by atoms with E-state index in [2.05, 4.69) is 0 Å². The lowest BCUT2D eigenvalue weighted by atomic mass is 10.2. The van der Waals surface area contributed by atoms with Gasteiger partial charge in [-0.2, -0.15) is 0 Å². The molecule has 0 aliphatic heterocycles. The van der Waals surface area contributed by atoms with E-state index in [9.17, 15) is 4.79 Å². The summed E-state index contributed by atoms with van der Waals surface area (Å²) in [5, 5.41) is 8.92. The number of hydrogen-bond donors (Lipinski definition) is 2. The lowest BCUT2D eigenvalue weighted by Crippen LogP contribution is -2.34. The molecule has 0 saturated heterocycles. The molecule has 0 unspecified atom stereocenters. The third kappa shape index (κ3) is 4.25. The molecule has 5 nitrogen and oxygen atoms in total. The Hall–Kier alpha value is -1.75. The molecule has 0 heterocycles. The molecule has 100 valence electrons. The van der Waals surface area contributed by atoms with Crippen LogP contribution < -0.4 is 15.4 Å². The van der Waals surface area contributed by atoms with Crippen LogP contribution in [0, 0.1) is 0 Å². The number of ether oxygens (including phenoxy) is 1. The van der Waals surface area contributed by atoms with E-state index in [0.29, 0.717) is 18.8 Å². The minimum Gasteiger partial charge on any atom is -0.489 e. The van der Waals surface area contributed by atoms with E-state index in [1.807, 2.05) is 38.1 Å². The van der Waals surface area contributed by atoms with Crippen molar-refractivity contribution in [2.45, 2.75) is 20.0 Å². The van der Waals surface area contributed by atoms with Crippen molar-refractivity contribution >= 4 is 11.7 Å². The third-order valence-electron chi connectivity index (χ3n) is 2.29. The Kier molecular flexibility index (Phi) is 5.45. The van der Waals surface area contributed by atoms with Crippen LogP contribution in [0.15, 0.2) is 24.3 Å². The molecule has 0 atom stereocenters. The zero-order valence-electron chi connectivity index (χ0n) is 10.8. The van der Waals surface area contributed by atoms with Gasteiger partial charge < -0.3 is 20.5 Å². The average Bonchev–Trinajstić information content (AvgIpc) is 2.28. The van der Waals surface area contributed by atoms with Crippen LogP contribution in [0.5, 0.6) is 5.75 Å². The second kappa shape index (κ2) is 6.86. The molecule has 0 aromatic heterocycles. The minimum absolute atomic E-state index is 0.0377. The maximum absolute atomic E-state index is 10.9. The number of carboxylic acids is 1. The fraction of sp³-hybridized carbons (Fsp3) is 0.462. The molecule has 0 spiro atoms. The molecule has 0 aliphatic rings. The van der Waals surface area contributed by atoms with Gasteiger partial charge in [-0.3, -0.25) is 4.79 Å². The summed E-state index contributed by atoms with van der Waals surface area (Å²) < 4.78 is 5.68. The first-order chi connectivity index (χ1) is 8.54. The van der Waals surface area contributed by atoms with Crippen molar-refractivity contribution in [1.29, 1.82) is 0 Å². The Balaban J connectivity index is 2.98. The second-order valence-electron chi connectivity index (χ2n) is 4.24. The van der Waals surface area contributed by atoms with Gasteiger partial charge in [-0.05, 0) is 26.0 Å². The van der Waals surface area contributed by atoms with Crippen molar-refractivity contribution in [3.8, 4) is 5.75 Å². The SMILES string of the molecule is CC(C)Oc1ccccc1N(CCN)CC(=O)O. The predicted octanol–water partition coefficient (Wildman–Crippen LogP) is 1.32. The van der Waals surface area contributed by atoms with E-state index in [4.69, 9.17) is 15.6 Å². The Morgan fingerprint density at radius 2 is 2.11 bits per heavy atom. The van der Waals surface area contributed by atoms with E-state index in [1.54, 1.807) is 4.90 Å². The molecular weight excluding hydrogens is 232 g/mol. The molecule has 18 heavy (non-hydrogen) atoms. The number of nitrogens with zero attached hydrogens (tertiary/aromatic N) is 1. The Labute approximate surface area is 107 Å². The van der Waals surface area contributed by atoms with E-state index in [1.165, 1.54) is 0 Å². The normalized spacial score (nSPS) is 10.4. The summed E-state index contributed by atoms with van der Waals surface area (Å²) in [4.78, 5) is 12.6. The van der Waals surface area contributed by atoms with Gasteiger partial charge in [-0.25, -0.2) is 0 Å². The summed E-state index contributed by atoms with van der Waals surface area (Å²) >= 11 is 0. The molecule has 1 aromatic rings. The van der Waals surface area contributed by atoms with Crippen LogP contribution in [0.25, 0.3) is 0 Å².